The minimum atomic E-state index is -1.06. The van der Waals surface area contributed by atoms with Gasteiger partial charge in [-0.05, 0) is 50.6 Å². The predicted octanol–water partition coefficient (Wildman–Crippen LogP) is 3.49. The highest BCUT2D eigenvalue weighted by molar-refractivity contribution is 6.46. The van der Waals surface area contributed by atoms with E-state index in [0.717, 1.165) is 11.3 Å². The molecule has 0 heterocycles. The number of rotatable bonds is 8. The third-order valence-electron chi connectivity index (χ3n) is 3.35. The van der Waals surface area contributed by atoms with Crippen LogP contribution in [0.25, 0.3) is 11.1 Å². The smallest absolute Gasteiger partial charge is 0.262 e. The van der Waals surface area contributed by atoms with Crippen LogP contribution in [0.2, 0.25) is 0 Å². The molecule has 6 heteroatoms. The van der Waals surface area contributed by atoms with Crippen LogP contribution in [0, 0.1) is 11.6 Å². The SMILES string of the molecule is CC(C)OC(O[SiH2]c1ccc(-c2ccc(F)cc2F)cc1)OC(C)C. The minimum Gasteiger partial charge on any atom is -0.373 e. The highest BCUT2D eigenvalue weighted by Gasteiger charge is 2.14. The van der Waals surface area contributed by atoms with E-state index in [4.69, 9.17) is 13.9 Å². The summed E-state index contributed by atoms with van der Waals surface area (Å²) in [5.74, 6) is -1.16. The van der Waals surface area contributed by atoms with Gasteiger partial charge in [-0.25, -0.2) is 8.78 Å². The van der Waals surface area contributed by atoms with E-state index in [-0.39, 0.29) is 12.2 Å². The zero-order chi connectivity index (χ0) is 18.4. The summed E-state index contributed by atoms with van der Waals surface area (Å²) in [6, 6.07) is 11.0. The first-order valence-electron chi connectivity index (χ1n) is 8.32. The summed E-state index contributed by atoms with van der Waals surface area (Å²) in [6.07, 6.45) is 0.00292. The second-order valence-electron chi connectivity index (χ2n) is 6.29. The molecule has 2 aromatic carbocycles. The van der Waals surface area contributed by atoms with Crippen molar-refractivity contribution < 1.29 is 22.7 Å². The van der Waals surface area contributed by atoms with E-state index in [1.54, 1.807) is 0 Å². The van der Waals surface area contributed by atoms with Gasteiger partial charge in [-0.3, -0.25) is 0 Å². The zero-order valence-corrected chi connectivity index (χ0v) is 16.4. The Hall–Kier alpha value is -1.60. The van der Waals surface area contributed by atoms with Gasteiger partial charge in [-0.15, -0.1) is 0 Å². The van der Waals surface area contributed by atoms with Gasteiger partial charge in [0.1, 0.15) is 11.6 Å². The van der Waals surface area contributed by atoms with Gasteiger partial charge < -0.3 is 13.9 Å². The van der Waals surface area contributed by atoms with Crippen molar-refractivity contribution in [2.75, 3.05) is 0 Å². The van der Waals surface area contributed by atoms with E-state index in [1.807, 2.05) is 52.0 Å². The number of hydrogen-bond donors (Lipinski definition) is 0. The Morgan fingerprint density at radius 3 is 1.96 bits per heavy atom. The summed E-state index contributed by atoms with van der Waals surface area (Å²) in [5.41, 5.74) is 1.07. The van der Waals surface area contributed by atoms with E-state index in [0.29, 0.717) is 11.1 Å². The van der Waals surface area contributed by atoms with Crippen LogP contribution in [0.15, 0.2) is 42.5 Å². The minimum absolute atomic E-state index is 0.00146. The van der Waals surface area contributed by atoms with Crippen LogP contribution in [-0.4, -0.2) is 28.4 Å². The lowest BCUT2D eigenvalue weighted by Gasteiger charge is -2.23. The molecule has 0 spiro atoms. The normalized spacial score (nSPS) is 12.2. The Morgan fingerprint density at radius 1 is 0.840 bits per heavy atom. The van der Waals surface area contributed by atoms with Gasteiger partial charge in [0.2, 0.25) is 0 Å². The largest absolute Gasteiger partial charge is 0.373 e. The van der Waals surface area contributed by atoms with Crippen molar-refractivity contribution in [3.63, 3.8) is 0 Å². The number of benzene rings is 2. The fraction of sp³-hybridized carbons (Fsp3) is 0.368. The third kappa shape index (κ3) is 6.32. The zero-order valence-electron chi connectivity index (χ0n) is 15.0. The maximum absolute atomic E-state index is 13.8. The molecule has 136 valence electrons. The molecule has 0 unspecified atom stereocenters. The lowest BCUT2D eigenvalue weighted by atomic mass is 10.1. The van der Waals surface area contributed by atoms with Crippen LogP contribution < -0.4 is 5.19 Å². The van der Waals surface area contributed by atoms with E-state index >= 15 is 0 Å². The van der Waals surface area contributed by atoms with Crippen LogP contribution in [0.4, 0.5) is 8.78 Å². The molecular weight excluding hydrogens is 342 g/mol. The first-order chi connectivity index (χ1) is 11.8. The molecule has 0 radical (unpaired) electrons. The van der Waals surface area contributed by atoms with Crippen molar-refractivity contribution in [2.45, 2.75) is 46.4 Å². The Kier molecular flexibility index (Phi) is 7.25. The van der Waals surface area contributed by atoms with Gasteiger partial charge in [0.25, 0.3) is 6.48 Å². The topological polar surface area (TPSA) is 27.7 Å². The lowest BCUT2D eigenvalue weighted by molar-refractivity contribution is -0.274. The molecule has 0 amide bonds. The molecule has 3 nitrogen and oxygen atoms in total. The number of ether oxygens (including phenoxy) is 2. The average molecular weight is 366 g/mol. The summed E-state index contributed by atoms with van der Waals surface area (Å²) >= 11 is 0. The van der Waals surface area contributed by atoms with Crippen molar-refractivity contribution >= 4 is 14.9 Å². The molecular formula is C19H24F2O3Si. The standard InChI is InChI=1S/C19H24F2O3Si/c1-12(2)22-19(23-13(3)4)24-25-16-8-5-14(6-9-16)17-10-7-15(20)11-18(17)21/h5-13,19H,25H2,1-4H3. The highest BCUT2D eigenvalue weighted by atomic mass is 28.2. The molecule has 0 aliphatic rings. The lowest BCUT2D eigenvalue weighted by Crippen LogP contribution is -2.32. The summed E-state index contributed by atoms with van der Waals surface area (Å²) in [5, 5.41) is 1.04. The maximum atomic E-state index is 13.8. The van der Waals surface area contributed by atoms with Crippen LogP contribution in [0.5, 0.6) is 0 Å². The summed E-state index contributed by atoms with van der Waals surface area (Å²) < 4.78 is 43.9. The summed E-state index contributed by atoms with van der Waals surface area (Å²) in [7, 11) is -1.06. The molecule has 0 bridgehead atoms. The van der Waals surface area contributed by atoms with Gasteiger partial charge in [0.15, 0.2) is 9.76 Å². The van der Waals surface area contributed by atoms with Gasteiger partial charge in [-0.1, -0.05) is 24.3 Å². The van der Waals surface area contributed by atoms with Crippen molar-refractivity contribution in [1.29, 1.82) is 0 Å². The quantitative estimate of drug-likeness (QED) is 0.529. The molecule has 2 rings (SSSR count). The summed E-state index contributed by atoms with van der Waals surface area (Å²) in [4.78, 5) is 0. The Balaban J connectivity index is 2.01. The molecule has 2 aromatic rings. The Bertz CT molecular complexity index is 665. The molecule has 0 aliphatic carbocycles. The van der Waals surface area contributed by atoms with Gasteiger partial charge >= 0.3 is 0 Å². The molecule has 0 atom stereocenters. The van der Waals surface area contributed by atoms with Crippen molar-refractivity contribution in [3.05, 3.63) is 54.1 Å². The van der Waals surface area contributed by atoms with Crippen molar-refractivity contribution in [3.8, 4) is 11.1 Å². The number of hydrogen-bond acceptors (Lipinski definition) is 3. The fourth-order valence-electron chi connectivity index (χ4n) is 2.22. The molecule has 0 aliphatic heterocycles. The monoisotopic (exact) mass is 366 g/mol. The van der Waals surface area contributed by atoms with Gasteiger partial charge in [0.05, 0.1) is 12.2 Å². The molecule has 0 saturated heterocycles. The van der Waals surface area contributed by atoms with E-state index < -0.39 is 27.9 Å². The van der Waals surface area contributed by atoms with E-state index in [9.17, 15) is 8.78 Å². The fourth-order valence-corrected chi connectivity index (χ4v) is 3.14. The molecule has 0 saturated carbocycles. The average Bonchev–Trinajstić information content (AvgIpc) is 2.52. The maximum Gasteiger partial charge on any atom is 0.262 e. The molecule has 0 fully saturated rings. The van der Waals surface area contributed by atoms with Gasteiger partial charge in [0, 0.05) is 11.6 Å². The highest BCUT2D eigenvalue weighted by Crippen LogP contribution is 2.22. The first kappa shape index (κ1) is 19.7. The predicted molar refractivity (Wildman–Crippen MR) is 97.3 cm³/mol. The third-order valence-corrected chi connectivity index (χ3v) is 4.59. The number of halogens is 2. The molecule has 25 heavy (non-hydrogen) atoms. The first-order valence-corrected chi connectivity index (χ1v) is 9.60. The summed E-state index contributed by atoms with van der Waals surface area (Å²) in [6.45, 7) is 7.02. The Labute approximate surface area is 149 Å². The van der Waals surface area contributed by atoms with Crippen molar-refractivity contribution in [1.82, 2.24) is 0 Å². The second-order valence-corrected chi connectivity index (χ2v) is 7.73. The second kappa shape index (κ2) is 9.19. The van der Waals surface area contributed by atoms with Crippen molar-refractivity contribution in [2.24, 2.45) is 0 Å². The van der Waals surface area contributed by atoms with E-state index in [2.05, 4.69) is 0 Å². The van der Waals surface area contributed by atoms with Crippen LogP contribution in [0.1, 0.15) is 27.7 Å². The Morgan fingerprint density at radius 2 is 1.44 bits per heavy atom. The molecule has 0 aromatic heterocycles. The van der Waals surface area contributed by atoms with E-state index in [1.165, 1.54) is 12.1 Å². The van der Waals surface area contributed by atoms with Crippen LogP contribution in [0.3, 0.4) is 0 Å². The van der Waals surface area contributed by atoms with Gasteiger partial charge in [-0.2, -0.15) is 0 Å². The van der Waals surface area contributed by atoms with Crippen LogP contribution in [-0.2, 0) is 13.9 Å². The van der Waals surface area contributed by atoms with Crippen LogP contribution >= 0.6 is 0 Å². The molecule has 0 N–H and O–H groups in total.